The molecule has 7 nitrogen and oxygen atoms in total. The summed E-state index contributed by atoms with van der Waals surface area (Å²) in [6.45, 7) is 1.87. The standard InChI is InChI=1S/C16H21NO6S/c1-2-24-13(14(18)17-23)7-6-12(16(21)22)9-10-4-3-5-11(8-10)15(19)20/h3-5,8,12-13,23H,2,6-7,9H2,1H3,(H,17,18)(H,19,20)(H,21,22). The van der Waals surface area contributed by atoms with Crippen LogP contribution in [-0.2, 0) is 16.0 Å². The van der Waals surface area contributed by atoms with Gasteiger partial charge in [0.15, 0.2) is 0 Å². The minimum atomic E-state index is -1.07. The van der Waals surface area contributed by atoms with Gasteiger partial charge in [0, 0.05) is 0 Å². The molecule has 0 radical (unpaired) electrons. The summed E-state index contributed by atoms with van der Waals surface area (Å²) >= 11 is 1.33. The molecule has 1 rings (SSSR count). The lowest BCUT2D eigenvalue weighted by molar-refractivity contribution is -0.142. The van der Waals surface area contributed by atoms with Crippen LogP contribution in [-0.4, -0.2) is 44.3 Å². The summed E-state index contributed by atoms with van der Waals surface area (Å²) in [6, 6.07) is 6.16. The molecule has 2 atom stereocenters. The van der Waals surface area contributed by atoms with Crippen LogP contribution in [0.5, 0.6) is 0 Å². The number of nitrogens with one attached hydrogen (secondary N) is 1. The third-order valence-electron chi connectivity index (χ3n) is 3.55. The minimum absolute atomic E-state index is 0.107. The van der Waals surface area contributed by atoms with Gasteiger partial charge >= 0.3 is 11.9 Å². The van der Waals surface area contributed by atoms with Crippen molar-refractivity contribution in [3.8, 4) is 0 Å². The summed E-state index contributed by atoms with van der Waals surface area (Å²) in [5.41, 5.74) is 2.33. The van der Waals surface area contributed by atoms with Crippen molar-refractivity contribution < 1.29 is 29.8 Å². The van der Waals surface area contributed by atoms with Crippen molar-refractivity contribution >= 4 is 29.6 Å². The van der Waals surface area contributed by atoms with Gasteiger partial charge in [-0.15, -0.1) is 11.8 Å². The molecule has 1 aromatic rings. The highest BCUT2D eigenvalue weighted by atomic mass is 32.2. The Bertz CT molecular complexity index is 592. The van der Waals surface area contributed by atoms with Gasteiger partial charge in [0.25, 0.3) is 5.91 Å². The van der Waals surface area contributed by atoms with Crippen molar-refractivity contribution in [2.45, 2.75) is 31.4 Å². The molecule has 2 unspecified atom stereocenters. The maximum absolute atomic E-state index is 11.6. The zero-order valence-electron chi connectivity index (χ0n) is 13.3. The molecule has 0 spiro atoms. The van der Waals surface area contributed by atoms with Crippen molar-refractivity contribution in [3.63, 3.8) is 0 Å². The molecule has 0 aliphatic heterocycles. The molecule has 0 saturated carbocycles. The Morgan fingerprint density at radius 1 is 1.21 bits per heavy atom. The molecule has 0 saturated heterocycles. The monoisotopic (exact) mass is 355 g/mol. The molecule has 0 aromatic heterocycles. The molecule has 0 aliphatic carbocycles. The van der Waals surface area contributed by atoms with Crippen molar-refractivity contribution in [1.29, 1.82) is 0 Å². The van der Waals surface area contributed by atoms with E-state index < -0.39 is 29.0 Å². The first kappa shape index (κ1) is 20.0. The number of amides is 1. The quantitative estimate of drug-likeness (QED) is 0.374. The number of aromatic carboxylic acids is 1. The second kappa shape index (κ2) is 9.94. The molecule has 1 aromatic carbocycles. The lowest BCUT2D eigenvalue weighted by Crippen LogP contribution is -2.31. The zero-order valence-corrected chi connectivity index (χ0v) is 14.1. The van der Waals surface area contributed by atoms with E-state index in [0.717, 1.165) is 0 Å². The van der Waals surface area contributed by atoms with Crippen LogP contribution in [0.4, 0.5) is 0 Å². The molecule has 0 fully saturated rings. The molecule has 0 aliphatic rings. The molecule has 8 heteroatoms. The number of carboxylic acids is 2. The number of carboxylic acid groups (broad SMARTS) is 2. The number of carbonyl (C=O) groups excluding carboxylic acids is 1. The van der Waals surface area contributed by atoms with E-state index in [4.69, 9.17) is 10.3 Å². The van der Waals surface area contributed by atoms with Crippen molar-refractivity contribution in [2.24, 2.45) is 5.92 Å². The fraction of sp³-hybridized carbons (Fsp3) is 0.438. The first-order chi connectivity index (χ1) is 11.4. The number of thioether (sulfide) groups is 1. The van der Waals surface area contributed by atoms with E-state index in [0.29, 0.717) is 17.7 Å². The summed E-state index contributed by atoms with van der Waals surface area (Å²) in [7, 11) is 0. The zero-order chi connectivity index (χ0) is 18.1. The molecule has 0 heterocycles. The lowest BCUT2D eigenvalue weighted by atomic mass is 9.93. The molecular formula is C16H21NO6S. The van der Waals surface area contributed by atoms with Gasteiger partial charge in [-0.25, -0.2) is 10.3 Å². The van der Waals surface area contributed by atoms with Crippen LogP contribution in [0.15, 0.2) is 24.3 Å². The molecule has 132 valence electrons. The first-order valence-corrected chi connectivity index (χ1v) is 8.54. The smallest absolute Gasteiger partial charge is 0.335 e. The van der Waals surface area contributed by atoms with Gasteiger partial charge in [0.05, 0.1) is 16.7 Å². The second-order valence-corrected chi connectivity index (χ2v) is 6.72. The van der Waals surface area contributed by atoms with Crippen molar-refractivity contribution in [1.82, 2.24) is 5.48 Å². The summed E-state index contributed by atoms with van der Waals surface area (Å²) in [5, 5.41) is 26.6. The summed E-state index contributed by atoms with van der Waals surface area (Å²) in [5.74, 6) is -2.68. The Morgan fingerprint density at radius 2 is 1.92 bits per heavy atom. The molecule has 1 amide bonds. The Balaban J connectivity index is 2.77. The minimum Gasteiger partial charge on any atom is -0.481 e. The largest absolute Gasteiger partial charge is 0.481 e. The lowest BCUT2D eigenvalue weighted by Gasteiger charge is -2.17. The topological polar surface area (TPSA) is 124 Å². The van der Waals surface area contributed by atoms with Crippen molar-refractivity contribution in [2.75, 3.05) is 5.75 Å². The Kier molecular flexibility index (Phi) is 8.28. The van der Waals surface area contributed by atoms with Crippen molar-refractivity contribution in [3.05, 3.63) is 35.4 Å². The average molecular weight is 355 g/mol. The van der Waals surface area contributed by atoms with E-state index in [9.17, 15) is 19.5 Å². The predicted octanol–water partition coefficient (Wildman–Crippen LogP) is 2.04. The number of benzene rings is 1. The number of rotatable bonds is 10. The number of hydroxylamine groups is 1. The number of carbonyl (C=O) groups is 3. The average Bonchev–Trinajstić information content (AvgIpc) is 2.56. The third-order valence-corrected chi connectivity index (χ3v) is 4.74. The molecular weight excluding hydrogens is 334 g/mol. The summed E-state index contributed by atoms with van der Waals surface area (Å²) in [4.78, 5) is 34.0. The van der Waals surface area contributed by atoms with Crippen LogP contribution in [0.25, 0.3) is 0 Å². The van der Waals surface area contributed by atoms with E-state index in [1.165, 1.54) is 23.9 Å². The van der Waals surface area contributed by atoms with Gasteiger partial charge in [-0.1, -0.05) is 19.1 Å². The number of hydrogen-bond donors (Lipinski definition) is 4. The van der Waals surface area contributed by atoms with Crippen LogP contribution in [0, 0.1) is 5.92 Å². The first-order valence-electron chi connectivity index (χ1n) is 7.49. The van der Waals surface area contributed by atoms with Gasteiger partial charge in [-0.2, -0.15) is 0 Å². The molecule has 0 bridgehead atoms. The predicted molar refractivity (Wildman–Crippen MR) is 89.3 cm³/mol. The van der Waals surface area contributed by atoms with E-state index in [-0.39, 0.29) is 18.4 Å². The van der Waals surface area contributed by atoms with Gasteiger partial charge in [-0.3, -0.25) is 14.8 Å². The van der Waals surface area contributed by atoms with Gasteiger partial charge in [-0.05, 0) is 42.7 Å². The van der Waals surface area contributed by atoms with E-state index in [2.05, 4.69) is 0 Å². The summed E-state index contributed by atoms with van der Waals surface area (Å²) < 4.78 is 0. The Hall–Kier alpha value is -2.06. The van der Waals surface area contributed by atoms with Crippen LogP contribution >= 0.6 is 11.8 Å². The SMILES string of the molecule is CCSC(CCC(Cc1cccc(C(=O)O)c1)C(=O)O)C(=O)NO. The number of aliphatic carboxylic acids is 1. The Labute approximate surface area is 144 Å². The van der Waals surface area contributed by atoms with Crippen LogP contribution in [0.2, 0.25) is 0 Å². The van der Waals surface area contributed by atoms with Gasteiger partial charge < -0.3 is 10.2 Å². The van der Waals surface area contributed by atoms with Crippen LogP contribution in [0.1, 0.15) is 35.7 Å². The van der Waals surface area contributed by atoms with Crippen LogP contribution in [0.3, 0.4) is 0 Å². The van der Waals surface area contributed by atoms with E-state index in [1.807, 2.05) is 6.92 Å². The van der Waals surface area contributed by atoms with Gasteiger partial charge in [0.1, 0.15) is 0 Å². The Morgan fingerprint density at radius 3 is 2.46 bits per heavy atom. The highest BCUT2D eigenvalue weighted by molar-refractivity contribution is 8.00. The van der Waals surface area contributed by atoms with Gasteiger partial charge in [0.2, 0.25) is 0 Å². The number of hydrogen-bond acceptors (Lipinski definition) is 5. The fourth-order valence-electron chi connectivity index (χ4n) is 2.34. The molecule has 24 heavy (non-hydrogen) atoms. The van der Waals surface area contributed by atoms with E-state index in [1.54, 1.807) is 17.6 Å². The second-order valence-electron chi connectivity index (χ2n) is 5.24. The maximum atomic E-state index is 11.6. The van der Waals surface area contributed by atoms with E-state index >= 15 is 0 Å². The normalized spacial score (nSPS) is 13.1. The fourth-order valence-corrected chi connectivity index (χ4v) is 3.25. The summed E-state index contributed by atoms with van der Waals surface area (Å²) in [6.07, 6.45) is 0.735. The third kappa shape index (κ3) is 6.21. The van der Waals surface area contributed by atoms with Crippen LogP contribution < -0.4 is 5.48 Å². The maximum Gasteiger partial charge on any atom is 0.335 e. The highest BCUT2D eigenvalue weighted by Gasteiger charge is 2.24. The molecule has 4 N–H and O–H groups in total. The highest BCUT2D eigenvalue weighted by Crippen LogP contribution is 2.22.